The monoisotopic (exact) mass is 373 g/mol. The van der Waals surface area contributed by atoms with Gasteiger partial charge in [-0.25, -0.2) is 9.48 Å². The number of carbonyl (C=O) groups is 2. The number of nitrogens with one attached hydrogen (secondary N) is 1. The number of carboxylic acid groups (broad SMARTS) is 1. The fraction of sp³-hybridized carbons (Fsp3) is 0.421. The van der Waals surface area contributed by atoms with Crippen molar-refractivity contribution in [2.75, 3.05) is 20.3 Å². The largest absolute Gasteiger partial charge is 0.497 e. The number of hydrogen-bond donors (Lipinski definition) is 2. The molecule has 1 aromatic carbocycles. The zero-order valence-electron chi connectivity index (χ0n) is 15.3. The van der Waals surface area contributed by atoms with E-state index < -0.39 is 17.9 Å². The predicted octanol–water partition coefficient (Wildman–Crippen LogP) is 1.80. The minimum Gasteiger partial charge on any atom is -0.497 e. The molecule has 1 fully saturated rings. The van der Waals surface area contributed by atoms with Gasteiger partial charge in [-0.2, -0.15) is 5.10 Å². The Hall–Kier alpha value is -2.87. The van der Waals surface area contributed by atoms with Gasteiger partial charge in [0.25, 0.3) is 5.91 Å². The summed E-state index contributed by atoms with van der Waals surface area (Å²) in [5.74, 6) is -1.10. The highest BCUT2D eigenvalue weighted by Gasteiger charge is 2.32. The second kappa shape index (κ2) is 8.22. The Bertz CT molecular complexity index is 809. The summed E-state index contributed by atoms with van der Waals surface area (Å²) in [6.45, 7) is 2.79. The Morgan fingerprint density at radius 2 is 2.11 bits per heavy atom. The Kier molecular flexibility index (Phi) is 5.75. The van der Waals surface area contributed by atoms with Gasteiger partial charge in [0, 0.05) is 18.2 Å². The van der Waals surface area contributed by atoms with Crippen LogP contribution in [0.3, 0.4) is 0 Å². The first-order valence-corrected chi connectivity index (χ1v) is 8.82. The molecule has 1 aromatic heterocycles. The van der Waals surface area contributed by atoms with Gasteiger partial charge in [0.05, 0.1) is 19.4 Å². The van der Waals surface area contributed by atoms with Crippen LogP contribution in [0.5, 0.6) is 5.75 Å². The lowest BCUT2D eigenvalue weighted by Gasteiger charge is -2.27. The Labute approximate surface area is 157 Å². The van der Waals surface area contributed by atoms with Gasteiger partial charge in [0.2, 0.25) is 0 Å². The highest BCUT2D eigenvalue weighted by molar-refractivity contribution is 5.95. The molecule has 8 heteroatoms. The predicted molar refractivity (Wildman–Crippen MR) is 97.3 cm³/mol. The van der Waals surface area contributed by atoms with Gasteiger partial charge in [-0.15, -0.1) is 0 Å². The molecule has 2 unspecified atom stereocenters. The lowest BCUT2D eigenvalue weighted by atomic mass is 9.93. The van der Waals surface area contributed by atoms with Crippen LogP contribution in [0.4, 0.5) is 0 Å². The number of aromatic nitrogens is 2. The molecule has 0 saturated carbocycles. The van der Waals surface area contributed by atoms with Crippen molar-refractivity contribution in [3.8, 4) is 11.4 Å². The van der Waals surface area contributed by atoms with E-state index in [0.29, 0.717) is 19.6 Å². The van der Waals surface area contributed by atoms with Crippen molar-refractivity contribution in [1.29, 1.82) is 0 Å². The van der Waals surface area contributed by atoms with E-state index in [-0.39, 0.29) is 11.6 Å². The van der Waals surface area contributed by atoms with Crippen LogP contribution in [0.2, 0.25) is 0 Å². The summed E-state index contributed by atoms with van der Waals surface area (Å²) >= 11 is 0. The normalized spacial score (nSPS) is 17.9. The highest BCUT2D eigenvalue weighted by Crippen LogP contribution is 2.19. The molecule has 0 bridgehead atoms. The first kappa shape index (κ1) is 18.9. The number of carboxylic acids is 1. The number of methoxy groups -OCH3 is 1. The van der Waals surface area contributed by atoms with Crippen molar-refractivity contribution in [2.24, 2.45) is 5.92 Å². The zero-order chi connectivity index (χ0) is 19.4. The molecule has 1 amide bonds. The molecule has 1 aliphatic rings. The molecular weight excluding hydrogens is 350 g/mol. The lowest BCUT2D eigenvalue weighted by Crippen LogP contribution is -2.48. The Morgan fingerprint density at radius 1 is 1.37 bits per heavy atom. The number of carbonyl (C=O) groups excluding carboxylic acids is 1. The van der Waals surface area contributed by atoms with Gasteiger partial charge in [0.1, 0.15) is 11.8 Å². The van der Waals surface area contributed by atoms with Crippen LogP contribution in [0.25, 0.3) is 5.69 Å². The van der Waals surface area contributed by atoms with Gasteiger partial charge >= 0.3 is 5.97 Å². The maximum Gasteiger partial charge on any atom is 0.326 e. The number of ether oxygens (including phenoxy) is 2. The second-order valence-corrected chi connectivity index (χ2v) is 6.55. The van der Waals surface area contributed by atoms with Crippen LogP contribution >= 0.6 is 0 Å². The first-order chi connectivity index (χ1) is 13.0. The van der Waals surface area contributed by atoms with Crippen LogP contribution in [-0.4, -0.2) is 53.1 Å². The van der Waals surface area contributed by atoms with Gasteiger partial charge in [-0.1, -0.05) is 0 Å². The third-order valence-corrected chi connectivity index (χ3v) is 4.66. The average molecular weight is 373 g/mol. The molecule has 1 aliphatic heterocycles. The van der Waals surface area contributed by atoms with Crippen LogP contribution in [0, 0.1) is 12.8 Å². The maximum absolute atomic E-state index is 12.6. The summed E-state index contributed by atoms with van der Waals surface area (Å²) in [5.41, 5.74) is 1.72. The van der Waals surface area contributed by atoms with E-state index in [1.54, 1.807) is 30.0 Å². The van der Waals surface area contributed by atoms with Crippen molar-refractivity contribution >= 4 is 11.9 Å². The third kappa shape index (κ3) is 4.28. The number of aryl methyl sites for hydroxylation is 1. The summed E-state index contributed by atoms with van der Waals surface area (Å²) in [6.07, 6.45) is 1.49. The Balaban J connectivity index is 1.77. The van der Waals surface area contributed by atoms with E-state index in [1.165, 1.54) is 0 Å². The molecule has 2 heterocycles. The number of nitrogens with zero attached hydrogens (tertiary/aromatic N) is 2. The molecule has 0 spiro atoms. The molecule has 0 aliphatic carbocycles. The number of amides is 1. The molecule has 1 saturated heterocycles. The fourth-order valence-electron chi connectivity index (χ4n) is 3.20. The third-order valence-electron chi connectivity index (χ3n) is 4.66. The smallest absolute Gasteiger partial charge is 0.326 e. The molecule has 2 aromatic rings. The molecule has 2 atom stereocenters. The summed E-state index contributed by atoms with van der Waals surface area (Å²) in [6, 6.07) is 7.92. The van der Waals surface area contributed by atoms with E-state index in [0.717, 1.165) is 23.6 Å². The summed E-state index contributed by atoms with van der Waals surface area (Å²) in [5, 5.41) is 16.4. The quantitative estimate of drug-likeness (QED) is 0.800. The number of rotatable bonds is 6. The molecular formula is C19H23N3O5. The second-order valence-electron chi connectivity index (χ2n) is 6.55. The van der Waals surface area contributed by atoms with Crippen LogP contribution in [0.15, 0.2) is 30.3 Å². The summed E-state index contributed by atoms with van der Waals surface area (Å²) in [4.78, 5) is 24.2. The Morgan fingerprint density at radius 3 is 2.70 bits per heavy atom. The minimum absolute atomic E-state index is 0.172. The number of benzene rings is 1. The highest BCUT2D eigenvalue weighted by atomic mass is 16.5. The van der Waals surface area contributed by atoms with E-state index in [4.69, 9.17) is 9.47 Å². The van der Waals surface area contributed by atoms with Crippen LogP contribution in [0.1, 0.15) is 29.0 Å². The maximum atomic E-state index is 12.6. The van der Waals surface area contributed by atoms with Crippen molar-refractivity contribution in [3.63, 3.8) is 0 Å². The number of hydrogen-bond acceptors (Lipinski definition) is 5. The molecule has 144 valence electrons. The lowest BCUT2D eigenvalue weighted by molar-refractivity contribution is -0.142. The van der Waals surface area contributed by atoms with E-state index in [2.05, 4.69) is 10.4 Å². The van der Waals surface area contributed by atoms with Gasteiger partial charge in [-0.05, 0) is 50.1 Å². The molecule has 3 rings (SSSR count). The van der Waals surface area contributed by atoms with E-state index in [1.807, 2.05) is 19.1 Å². The van der Waals surface area contributed by atoms with Crippen molar-refractivity contribution in [1.82, 2.24) is 15.1 Å². The van der Waals surface area contributed by atoms with Gasteiger partial charge in [0.15, 0.2) is 5.69 Å². The summed E-state index contributed by atoms with van der Waals surface area (Å²) < 4.78 is 12.1. The number of aliphatic carboxylic acids is 1. The van der Waals surface area contributed by atoms with E-state index >= 15 is 0 Å². The SMILES string of the molecule is COc1ccc(-n2nc(C(=O)NC(C(=O)O)C3CCCOC3)cc2C)cc1. The zero-order valence-corrected chi connectivity index (χ0v) is 15.3. The van der Waals surface area contributed by atoms with Gasteiger partial charge < -0.3 is 19.9 Å². The van der Waals surface area contributed by atoms with Crippen molar-refractivity contribution in [2.45, 2.75) is 25.8 Å². The summed E-state index contributed by atoms with van der Waals surface area (Å²) in [7, 11) is 1.59. The first-order valence-electron chi connectivity index (χ1n) is 8.82. The van der Waals surface area contributed by atoms with Crippen LogP contribution in [-0.2, 0) is 9.53 Å². The van der Waals surface area contributed by atoms with Crippen molar-refractivity contribution < 1.29 is 24.2 Å². The van der Waals surface area contributed by atoms with Crippen LogP contribution < -0.4 is 10.1 Å². The molecule has 27 heavy (non-hydrogen) atoms. The molecule has 2 N–H and O–H groups in total. The minimum atomic E-state index is -1.06. The van der Waals surface area contributed by atoms with E-state index in [9.17, 15) is 14.7 Å². The standard InChI is InChI=1S/C19H23N3O5/c1-12-10-16(21-22(12)14-5-7-15(26-2)8-6-14)18(23)20-17(19(24)25)13-4-3-9-27-11-13/h5-8,10,13,17H,3-4,9,11H2,1-2H3,(H,20,23)(H,24,25). The fourth-order valence-corrected chi connectivity index (χ4v) is 3.20. The molecule has 8 nitrogen and oxygen atoms in total. The topological polar surface area (TPSA) is 103 Å². The van der Waals surface area contributed by atoms with Crippen molar-refractivity contribution in [3.05, 3.63) is 41.7 Å². The average Bonchev–Trinajstić information content (AvgIpc) is 3.08. The molecule has 0 radical (unpaired) electrons. The van der Waals surface area contributed by atoms with Gasteiger partial charge in [-0.3, -0.25) is 4.79 Å².